The average Bonchev–Trinajstić information content (AvgIpc) is 2.42. The van der Waals surface area contributed by atoms with Crippen LogP contribution < -0.4 is 5.32 Å². The zero-order valence-corrected chi connectivity index (χ0v) is 11.4. The van der Waals surface area contributed by atoms with Gasteiger partial charge in [0.15, 0.2) is 0 Å². The van der Waals surface area contributed by atoms with Crippen molar-refractivity contribution in [2.75, 3.05) is 6.61 Å². The first kappa shape index (κ1) is 14.0. The summed E-state index contributed by atoms with van der Waals surface area (Å²) in [5.74, 6) is 0.865. The standard InChI is InChI=1S/C14H29NO/c1-11(10-16)15-13-7-5-6-12(8-9-13)14(2,3)4/h11-13,15-16H,5-10H2,1-4H3/t11-,12?,13?/m1/s1. The lowest BCUT2D eigenvalue weighted by atomic mass is 9.76. The molecule has 0 amide bonds. The summed E-state index contributed by atoms with van der Waals surface area (Å²) in [7, 11) is 0. The molecule has 0 bridgehead atoms. The fourth-order valence-corrected chi connectivity index (χ4v) is 2.79. The third kappa shape index (κ3) is 4.42. The summed E-state index contributed by atoms with van der Waals surface area (Å²) in [5.41, 5.74) is 0.456. The Hall–Kier alpha value is -0.0800. The van der Waals surface area contributed by atoms with Gasteiger partial charge in [-0.2, -0.15) is 0 Å². The van der Waals surface area contributed by atoms with Crippen LogP contribution in [0.3, 0.4) is 0 Å². The van der Waals surface area contributed by atoms with E-state index in [-0.39, 0.29) is 12.6 Å². The van der Waals surface area contributed by atoms with Crippen LogP contribution in [0.25, 0.3) is 0 Å². The van der Waals surface area contributed by atoms with Gasteiger partial charge in [0.1, 0.15) is 0 Å². The van der Waals surface area contributed by atoms with E-state index in [2.05, 4.69) is 33.0 Å². The number of hydrogen-bond acceptors (Lipinski definition) is 2. The summed E-state index contributed by atoms with van der Waals surface area (Å²) in [6.07, 6.45) is 6.58. The van der Waals surface area contributed by atoms with Crippen molar-refractivity contribution in [1.29, 1.82) is 0 Å². The maximum atomic E-state index is 9.05. The minimum Gasteiger partial charge on any atom is -0.395 e. The molecule has 3 atom stereocenters. The molecule has 1 saturated carbocycles. The van der Waals surface area contributed by atoms with Crippen LogP contribution in [-0.2, 0) is 0 Å². The van der Waals surface area contributed by atoms with Gasteiger partial charge in [0.25, 0.3) is 0 Å². The molecule has 16 heavy (non-hydrogen) atoms. The van der Waals surface area contributed by atoms with Crippen LogP contribution in [0, 0.1) is 11.3 Å². The van der Waals surface area contributed by atoms with E-state index >= 15 is 0 Å². The highest BCUT2D eigenvalue weighted by atomic mass is 16.3. The number of nitrogens with one attached hydrogen (secondary N) is 1. The van der Waals surface area contributed by atoms with E-state index in [4.69, 9.17) is 5.11 Å². The molecule has 0 aliphatic heterocycles. The van der Waals surface area contributed by atoms with Gasteiger partial charge in [-0.1, -0.05) is 27.2 Å². The molecular formula is C14H29NO. The maximum absolute atomic E-state index is 9.05. The third-order valence-electron chi connectivity index (χ3n) is 3.99. The van der Waals surface area contributed by atoms with E-state index in [1.165, 1.54) is 32.1 Å². The summed E-state index contributed by atoms with van der Waals surface area (Å²) >= 11 is 0. The number of rotatable bonds is 3. The van der Waals surface area contributed by atoms with E-state index < -0.39 is 0 Å². The van der Waals surface area contributed by atoms with Gasteiger partial charge in [-0.05, 0) is 43.9 Å². The van der Waals surface area contributed by atoms with Crippen LogP contribution in [0.1, 0.15) is 59.8 Å². The molecule has 0 aromatic heterocycles. The van der Waals surface area contributed by atoms with Gasteiger partial charge >= 0.3 is 0 Å². The van der Waals surface area contributed by atoms with Crippen LogP contribution in [0.4, 0.5) is 0 Å². The van der Waals surface area contributed by atoms with Crippen molar-refractivity contribution in [3.05, 3.63) is 0 Å². The Bertz CT molecular complexity index is 197. The van der Waals surface area contributed by atoms with Crippen LogP contribution in [-0.4, -0.2) is 23.8 Å². The fraction of sp³-hybridized carbons (Fsp3) is 1.00. The second kappa shape index (κ2) is 6.02. The molecule has 1 aliphatic rings. The molecule has 0 radical (unpaired) electrons. The van der Waals surface area contributed by atoms with Crippen LogP contribution in [0.15, 0.2) is 0 Å². The molecule has 0 spiro atoms. The summed E-state index contributed by atoms with van der Waals surface area (Å²) in [5, 5.41) is 12.6. The Morgan fingerprint density at radius 2 is 1.88 bits per heavy atom. The van der Waals surface area contributed by atoms with Gasteiger partial charge in [-0.25, -0.2) is 0 Å². The summed E-state index contributed by atoms with van der Waals surface area (Å²) in [6, 6.07) is 0.866. The van der Waals surface area contributed by atoms with Crippen LogP contribution >= 0.6 is 0 Å². The van der Waals surface area contributed by atoms with E-state index in [1.54, 1.807) is 0 Å². The first-order valence-corrected chi connectivity index (χ1v) is 6.80. The van der Waals surface area contributed by atoms with Crippen molar-refractivity contribution >= 4 is 0 Å². The minimum absolute atomic E-state index is 0.246. The highest BCUT2D eigenvalue weighted by Gasteiger charge is 2.27. The lowest BCUT2D eigenvalue weighted by Crippen LogP contribution is -2.38. The molecule has 2 unspecified atom stereocenters. The fourth-order valence-electron chi connectivity index (χ4n) is 2.79. The molecule has 0 saturated heterocycles. The molecule has 2 nitrogen and oxygen atoms in total. The van der Waals surface area contributed by atoms with Gasteiger partial charge in [-0.3, -0.25) is 0 Å². The van der Waals surface area contributed by atoms with Crippen molar-refractivity contribution in [3.8, 4) is 0 Å². The molecule has 2 heteroatoms. The summed E-state index contributed by atoms with van der Waals surface area (Å²) in [6.45, 7) is 9.40. The van der Waals surface area contributed by atoms with Crippen LogP contribution in [0.5, 0.6) is 0 Å². The SMILES string of the molecule is C[C@H](CO)NC1CCCC(C(C)(C)C)CC1. The Morgan fingerprint density at radius 3 is 2.44 bits per heavy atom. The molecule has 1 fully saturated rings. The summed E-state index contributed by atoms with van der Waals surface area (Å²) in [4.78, 5) is 0. The predicted molar refractivity (Wildman–Crippen MR) is 69.5 cm³/mol. The first-order chi connectivity index (χ1) is 7.43. The quantitative estimate of drug-likeness (QED) is 0.727. The van der Waals surface area contributed by atoms with Crippen molar-refractivity contribution in [2.45, 2.75) is 71.9 Å². The van der Waals surface area contributed by atoms with Crippen molar-refractivity contribution in [2.24, 2.45) is 11.3 Å². The number of hydrogen-bond donors (Lipinski definition) is 2. The van der Waals surface area contributed by atoms with Gasteiger partial charge in [0.2, 0.25) is 0 Å². The highest BCUT2D eigenvalue weighted by Crippen LogP contribution is 2.36. The smallest absolute Gasteiger partial charge is 0.0582 e. The second-order valence-electron chi connectivity index (χ2n) is 6.52. The van der Waals surface area contributed by atoms with Crippen molar-refractivity contribution in [1.82, 2.24) is 5.32 Å². The Labute approximate surface area is 101 Å². The maximum Gasteiger partial charge on any atom is 0.0582 e. The predicted octanol–water partition coefficient (Wildman–Crippen LogP) is 2.95. The Kier molecular flexibility index (Phi) is 5.26. The van der Waals surface area contributed by atoms with E-state index in [0.29, 0.717) is 11.5 Å². The largest absolute Gasteiger partial charge is 0.395 e. The molecule has 0 heterocycles. The van der Waals surface area contributed by atoms with Gasteiger partial charge < -0.3 is 10.4 Å². The second-order valence-corrected chi connectivity index (χ2v) is 6.52. The molecule has 1 rings (SSSR count). The zero-order chi connectivity index (χ0) is 12.2. The minimum atomic E-state index is 0.246. The van der Waals surface area contributed by atoms with E-state index in [1.807, 2.05) is 0 Å². The number of aliphatic hydroxyl groups is 1. The molecule has 0 aromatic carbocycles. The first-order valence-electron chi connectivity index (χ1n) is 6.80. The van der Waals surface area contributed by atoms with Crippen molar-refractivity contribution < 1.29 is 5.11 Å². The Balaban J connectivity index is 2.40. The van der Waals surface area contributed by atoms with E-state index in [0.717, 1.165) is 5.92 Å². The lowest BCUT2D eigenvalue weighted by Gasteiger charge is -2.30. The normalized spacial score (nSPS) is 29.8. The van der Waals surface area contributed by atoms with Crippen LogP contribution in [0.2, 0.25) is 0 Å². The number of aliphatic hydroxyl groups excluding tert-OH is 1. The molecule has 2 N–H and O–H groups in total. The van der Waals surface area contributed by atoms with E-state index in [9.17, 15) is 0 Å². The molecule has 1 aliphatic carbocycles. The van der Waals surface area contributed by atoms with Crippen molar-refractivity contribution in [3.63, 3.8) is 0 Å². The highest BCUT2D eigenvalue weighted by molar-refractivity contribution is 4.82. The average molecular weight is 227 g/mol. The molecule has 96 valence electrons. The Morgan fingerprint density at radius 1 is 1.19 bits per heavy atom. The molecule has 0 aromatic rings. The van der Waals surface area contributed by atoms with Gasteiger partial charge in [0, 0.05) is 12.1 Å². The van der Waals surface area contributed by atoms with Gasteiger partial charge in [-0.15, -0.1) is 0 Å². The summed E-state index contributed by atoms with van der Waals surface area (Å²) < 4.78 is 0. The lowest BCUT2D eigenvalue weighted by molar-refractivity contribution is 0.210. The molecular weight excluding hydrogens is 198 g/mol. The third-order valence-corrected chi connectivity index (χ3v) is 3.99. The topological polar surface area (TPSA) is 32.3 Å². The monoisotopic (exact) mass is 227 g/mol. The zero-order valence-electron chi connectivity index (χ0n) is 11.4. The van der Waals surface area contributed by atoms with Gasteiger partial charge in [0.05, 0.1) is 6.61 Å².